The number of fused-ring (bicyclic) bond motifs is 3. The number of carbonyl (C=O) groups excluding carboxylic acids is 1. The molecule has 0 radical (unpaired) electrons. The second kappa shape index (κ2) is 7.48. The zero-order chi connectivity index (χ0) is 20.5. The maximum atomic E-state index is 12.9. The van der Waals surface area contributed by atoms with Gasteiger partial charge in [-0.15, -0.1) is 0 Å². The predicted molar refractivity (Wildman–Crippen MR) is 116 cm³/mol. The highest BCUT2D eigenvalue weighted by atomic mass is 35.5. The van der Waals surface area contributed by atoms with E-state index in [1.807, 2.05) is 38.1 Å². The predicted octanol–water partition coefficient (Wildman–Crippen LogP) is 4.11. The smallest absolute Gasteiger partial charge is 0.276 e. The van der Waals surface area contributed by atoms with Crippen LogP contribution in [0.3, 0.4) is 0 Å². The standard InChI is InChI=1S/C22H17ClN4O2/c1-12-3-5-14(6-4-12)10-25-27-22(29)16-11-24-20-15(21(16)28)7-8-17-19(20)13(2)9-18(23)26-17/h3-11,26H,1-2H3,(H,27,29)/b25-10+. The lowest BCUT2D eigenvalue weighted by Crippen LogP contribution is -2.25. The molecule has 2 aromatic carbocycles. The minimum atomic E-state index is -0.604. The molecule has 6 nitrogen and oxygen atoms in total. The van der Waals surface area contributed by atoms with Crippen LogP contribution in [-0.4, -0.2) is 22.1 Å². The molecule has 1 amide bonds. The van der Waals surface area contributed by atoms with E-state index in [0.717, 1.165) is 27.6 Å². The molecule has 0 aliphatic heterocycles. The van der Waals surface area contributed by atoms with Crippen LogP contribution in [0, 0.1) is 13.8 Å². The van der Waals surface area contributed by atoms with Crippen molar-refractivity contribution in [2.24, 2.45) is 5.10 Å². The minimum absolute atomic E-state index is 0.0616. The van der Waals surface area contributed by atoms with Gasteiger partial charge >= 0.3 is 0 Å². The number of hydrogen-bond acceptors (Lipinski definition) is 4. The van der Waals surface area contributed by atoms with Crippen LogP contribution in [0.2, 0.25) is 5.15 Å². The first kappa shape index (κ1) is 18.8. The van der Waals surface area contributed by atoms with Gasteiger partial charge in [0.15, 0.2) is 0 Å². The number of carbonyl (C=O) groups is 1. The van der Waals surface area contributed by atoms with E-state index < -0.39 is 11.3 Å². The van der Waals surface area contributed by atoms with Gasteiger partial charge in [-0.05, 0) is 43.2 Å². The largest absolute Gasteiger partial charge is 0.346 e. The lowest BCUT2D eigenvalue weighted by atomic mass is 10.0. The van der Waals surface area contributed by atoms with Gasteiger partial charge in [-0.2, -0.15) is 5.10 Å². The van der Waals surface area contributed by atoms with Gasteiger partial charge in [-0.25, -0.2) is 5.43 Å². The fourth-order valence-corrected chi connectivity index (χ4v) is 3.48. The van der Waals surface area contributed by atoms with Gasteiger partial charge in [0.05, 0.1) is 11.7 Å². The Balaban J connectivity index is 1.68. The zero-order valence-corrected chi connectivity index (χ0v) is 16.5. The molecule has 0 atom stereocenters. The average molecular weight is 405 g/mol. The van der Waals surface area contributed by atoms with E-state index in [-0.39, 0.29) is 5.56 Å². The van der Waals surface area contributed by atoms with E-state index in [2.05, 4.69) is 20.5 Å². The molecular formula is C22H17ClN4O2. The molecule has 0 unspecified atom stereocenters. The molecule has 2 aromatic heterocycles. The molecule has 2 N–H and O–H groups in total. The summed E-state index contributed by atoms with van der Waals surface area (Å²) in [6.45, 7) is 3.89. The first-order chi connectivity index (χ1) is 13.9. The second-order valence-electron chi connectivity index (χ2n) is 6.80. The van der Waals surface area contributed by atoms with Crippen LogP contribution < -0.4 is 10.9 Å². The van der Waals surface area contributed by atoms with Crippen molar-refractivity contribution >= 4 is 45.5 Å². The lowest BCUT2D eigenvalue weighted by Gasteiger charge is -2.08. The fraction of sp³-hybridized carbons (Fsp3) is 0.0909. The molecule has 0 spiro atoms. The van der Waals surface area contributed by atoms with Gasteiger partial charge < -0.3 is 4.98 Å². The number of hydrogen-bond donors (Lipinski definition) is 2. The highest BCUT2D eigenvalue weighted by Crippen LogP contribution is 2.26. The molecule has 0 fully saturated rings. The van der Waals surface area contributed by atoms with Gasteiger partial charge in [-0.3, -0.25) is 14.6 Å². The molecule has 144 valence electrons. The summed E-state index contributed by atoms with van der Waals surface area (Å²) in [5.41, 5.74) is 6.09. The number of aryl methyl sites for hydroxylation is 2. The van der Waals surface area contributed by atoms with Crippen molar-refractivity contribution in [3.8, 4) is 0 Å². The summed E-state index contributed by atoms with van der Waals surface area (Å²) >= 11 is 6.07. The molecule has 4 aromatic rings. The summed E-state index contributed by atoms with van der Waals surface area (Å²) in [7, 11) is 0. The number of aromatic amines is 1. The third-order valence-electron chi connectivity index (χ3n) is 4.68. The molecule has 0 aliphatic rings. The Bertz CT molecular complexity index is 1340. The Kier molecular flexibility index (Phi) is 4.86. The summed E-state index contributed by atoms with van der Waals surface area (Å²) in [5.74, 6) is -0.604. The SMILES string of the molecule is Cc1ccc(/C=N/NC(=O)c2cnc3c(ccc4[nH]c(Cl)cc(C)c43)c2=O)cc1. The third-order valence-corrected chi connectivity index (χ3v) is 4.89. The van der Waals surface area contributed by atoms with E-state index in [1.54, 1.807) is 18.2 Å². The van der Waals surface area contributed by atoms with Crippen molar-refractivity contribution in [1.82, 2.24) is 15.4 Å². The molecule has 29 heavy (non-hydrogen) atoms. The lowest BCUT2D eigenvalue weighted by molar-refractivity contribution is 0.0954. The number of halogens is 1. The molecule has 0 bridgehead atoms. The highest BCUT2D eigenvalue weighted by Gasteiger charge is 2.15. The van der Waals surface area contributed by atoms with E-state index in [0.29, 0.717) is 16.1 Å². The van der Waals surface area contributed by atoms with E-state index in [4.69, 9.17) is 11.6 Å². The molecule has 7 heteroatoms. The summed E-state index contributed by atoms with van der Waals surface area (Å²) in [6, 6.07) is 12.8. The van der Waals surface area contributed by atoms with Gasteiger partial charge in [0.25, 0.3) is 5.91 Å². The molecule has 0 aliphatic carbocycles. The Morgan fingerprint density at radius 2 is 1.93 bits per heavy atom. The molecule has 4 rings (SSSR count). The summed E-state index contributed by atoms with van der Waals surface area (Å²) < 4.78 is 0. The van der Waals surface area contributed by atoms with Crippen LogP contribution >= 0.6 is 11.6 Å². The quantitative estimate of drug-likeness (QED) is 0.233. The monoisotopic (exact) mass is 404 g/mol. The van der Waals surface area contributed by atoms with Crippen LogP contribution in [0.5, 0.6) is 0 Å². The van der Waals surface area contributed by atoms with Crippen molar-refractivity contribution in [2.75, 3.05) is 0 Å². The van der Waals surface area contributed by atoms with Crippen molar-refractivity contribution < 1.29 is 4.79 Å². The first-order valence-electron chi connectivity index (χ1n) is 8.95. The first-order valence-corrected chi connectivity index (χ1v) is 9.33. The number of amides is 1. The maximum absolute atomic E-state index is 12.9. The van der Waals surface area contributed by atoms with Crippen molar-refractivity contribution in [2.45, 2.75) is 13.8 Å². The Morgan fingerprint density at radius 3 is 2.69 bits per heavy atom. The van der Waals surface area contributed by atoms with Crippen molar-refractivity contribution in [3.63, 3.8) is 0 Å². The van der Waals surface area contributed by atoms with E-state index >= 15 is 0 Å². The van der Waals surface area contributed by atoms with Gasteiger partial charge in [0.2, 0.25) is 5.43 Å². The number of H-pyrrole nitrogens is 1. The number of nitrogens with one attached hydrogen (secondary N) is 2. The number of benzene rings is 2. The van der Waals surface area contributed by atoms with Crippen molar-refractivity contribution in [3.05, 3.63) is 86.3 Å². The average Bonchev–Trinajstić information content (AvgIpc) is 2.69. The summed E-state index contributed by atoms with van der Waals surface area (Å²) in [6.07, 6.45) is 2.81. The van der Waals surface area contributed by atoms with Crippen LogP contribution in [0.25, 0.3) is 21.8 Å². The Morgan fingerprint density at radius 1 is 1.17 bits per heavy atom. The summed E-state index contributed by atoms with van der Waals surface area (Å²) in [5, 5.41) is 5.60. The minimum Gasteiger partial charge on any atom is -0.346 e. The Hall–Kier alpha value is -3.51. The molecule has 0 saturated heterocycles. The highest BCUT2D eigenvalue weighted by molar-refractivity contribution is 6.30. The summed E-state index contributed by atoms with van der Waals surface area (Å²) in [4.78, 5) is 32.7. The maximum Gasteiger partial charge on any atom is 0.276 e. The van der Waals surface area contributed by atoms with Crippen LogP contribution in [0.15, 0.2) is 58.6 Å². The molecular weight excluding hydrogens is 388 g/mol. The third kappa shape index (κ3) is 3.62. The number of rotatable bonds is 3. The Labute approximate surface area is 171 Å². The van der Waals surface area contributed by atoms with Crippen LogP contribution in [0.4, 0.5) is 0 Å². The number of aromatic nitrogens is 2. The van der Waals surface area contributed by atoms with Crippen LogP contribution in [0.1, 0.15) is 27.0 Å². The number of pyridine rings is 2. The normalized spacial score (nSPS) is 11.4. The van der Waals surface area contributed by atoms with Gasteiger partial charge in [0.1, 0.15) is 10.7 Å². The van der Waals surface area contributed by atoms with E-state index in [1.165, 1.54) is 12.4 Å². The molecule has 2 heterocycles. The topological polar surface area (TPSA) is 87.2 Å². The number of hydrazone groups is 1. The van der Waals surface area contributed by atoms with Crippen LogP contribution in [-0.2, 0) is 0 Å². The van der Waals surface area contributed by atoms with Gasteiger partial charge in [0, 0.05) is 22.5 Å². The van der Waals surface area contributed by atoms with E-state index in [9.17, 15) is 9.59 Å². The zero-order valence-electron chi connectivity index (χ0n) is 15.8. The second-order valence-corrected chi connectivity index (χ2v) is 7.20. The number of nitrogens with zero attached hydrogens (tertiary/aromatic N) is 2. The fourth-order valence-electron chi connectivity index (χ4n) is 3.21. The molecule has 0 saturated carbocycles. The van der Waals surface area contributed by atoms with Gasteiger partial charge in [-0.1, -0.05) is 41.4 Å². The van der Waals surface area contributed by atoms with Crippen molar-refractivity contribution in [1.29, 1.82) is 0 Å².